The second-order valence-electron chi connectivity index (χ2n) is 4.33. The lowest BCUT2D eigenvalue weighted by Gasteiger charge is -2.15. The van der Waals surface area contributed by atoms with Gasteiger partial charge in [-0.1, -0.05) is 0 Å². The first-order chi connectivity index (χ1) is 9.28. The van der Waals surface area contributed by atoms with E-state index in [-0.39, 0.29) is 12.0 Å². The lowest BCUT2D eigenvalue weighted by molar-refractivity contribution is -0.0229. The molecule has 0 radical (unpaired) electrons. The molecule has 0 amide bonds. The minimum absolute atomic E-state index is 0.00441. The number of aliphatic hydroxyl groups excluding tert-OH is 1. The Morgan fingerprint density at radius 3 is 2.90 bits per heavy atom. The van der Waals surface area contributed by atoms with Gasteiger partial charge >= 0.3 is 7.82 Å². The average Bonchev–Trinajstić information content (AvgIpc) is 2.71. The van der Waals surface area contributed by atoms with Crippen LogP contribution in [0, 0.1) is 5.82 Å². The molecule has 1 aliphatic rings. The highest BCUT2D eigenvalue weighted by Crippen LogP contribution is 2.39. The van der Waals surface area contributed by atoms with E-state index in [1.165, 1.54) is 12.3 Å². The summed E-state index contributed by atoms with van der Waals surface area (Å²) in [6, 6.07) is 1.31. The topological polar surface area (TPSA) is 129 Å². The number of phosphoric acid groups is 1. The molecule has 0 saturated carbocycles. The third-order valence-electron chi connectivity index (χ3n) is 2.91. The van der Waals surface area contributed by atoms with Gasteiger partial charge in [0.05, 0.1) is 18.8 Å². The summed E-state index contributed by atoms with van der Waals surface area (Å²) >= 11 is 0. The molecule has 0 unspecified atom stereocenters. The van der Waals surface area contributed by atoms with Crippen LogP contribution in [0.25, 0.3) is 0 Å². The van der Waals surface area contributed by atoms with Crippen LogP contribution in [0.4, 0.5) is 4.39 Å². The lowest BCUT2D eigenvalue weighted by atomic mass is 10.1. The van der Waals surface area contributed by atoms with E-state index >= 15 is 0 Å². The molecule has 2 heterocycles. The third-order valence-corrected chi connectivity index (χ3v) is 3.39. The van der Waals surface area contributed by atoms with Crippen LogP contribution in [-0.4, -0.2) is 38.7 Å². The summed E-state index contributed by atoms with van der Waals surface area (Å²) in [6.07, 6.45) is -1.72. The number of aliphatic hydroxyl groups is 1. The Morgan fingerprint density at radius 2 is 2.25 bits per heavy atom. The van der Waals surface area contributed by atoms with Crippen molar-refractivity contribution in [3.63, 3.8) is 0 Å². The Balaban J connectivity index is 2.08. The minimum atomic E-state index is -4.67. The molecule has 1 aliphatic heterocycles. The Bertz CT molecular complexity index is 585. The number of pyridine rings is 1. The smallest absolute Gasteiger partial charge is 0.390 e. The van der Waals surface area contributed by atoms with Crippen LogP contribution in [0.5, 0.6) is 0 Å². The molecule has 0 bridgehead atoms. The van der Waals surface area contributed by atoms with E-state index in [1.54, 1.807) is 0 Å². The molecule has 10 heteroatoms. The van der Waals surface area contributed by atoms with Crippen molar-refractivity contribution in [3.8, 4) is 0 Å². The van der Waals surface area contributed by atoms with Gasteiger partial charge in [-0.2, -0.15) is 0 Å². The van der Waals surface area contributed by atoms with Gasteiger partial charge in [0.2, 0.25) is 0 Å². The molecule has 1 fully saturated rings. The molecule has 1 aromatic rings. The number of rotatable bonds is 4. The van der Waals surface area contributed by atoms with Gasteiger partial charge in [0.1, 0.15) is 6.10 Å². The van der Waals surface area contributed by atoms with E-state index in [4.69, 9.17) is 14.5 Å². The van der Waals surface area contributed by atoms with Gasteiger partial charge in [0.15, 0.2) is 5.82 Å². The summed E-state index contributed by atoms with van der Waals surface area (Å²) in [5, 5.41) is 9.71. The number of aromatic amines is 1. The number of ether oxygens (including phenoxy) is 1. The fraction of sp³-hybridized carbons (Fsp3) is 0.500. The fourth-order valence-electron chi connectivity index (χ4n) is 1.97. The number of H-pyrrole nitrogens is 1. The van der Waals surface area contributed by atoms with E-state index < -0.39 is 44.1 Å². The van der Waals surface area contributed by atoms with E-state index in [9.17, 15) is 18.9 Å². The van der Waals surface area contributed by atoms with Gasteiger partial charge in [-0.25, -0.2) is 8.96 Å². The number of halogens is 1. The summed E-state index contributed by atoms with van der Waals surface area (Å²) in [7, 11) is -4.67. The molecular formula is C10H13FNO7P. The number of nitrogens with one attached hydrogen (secondary N) is 1. The number of hydrogen-bond acceptors (Lipinski definition) is 5. The highest BCUT2D eigenvalue weighted by atomic mass is 31.2. The summed E-state index contributed by atoms with van der Waals surface area (Å²) in [5.74, 6) is -1.01. The first-order valence-electron chi connectivity index (χ1n) is 5.68. The Labute approximate surface area is 112 Å². The molecule has 2 rings (SSSR count). The largest absolute Gasteiger partial charge is 0.469 e. The molecule has 1 saturated heterocycles. The van der Waals surface area contributed by atoms with Crippen LogP contribution in [0.15, 0.2) is 17.1 Å². The third kappa shape index (κ3) is 3.51. The van der Waals surface area contributed by atoms with Crippen molar-refractivity contribution in [3.05, 3.63) is 34.0 Å². The van der Waals surface area contributed by atoms with Crippen molar-refractivity contribution in [1.29, 1.82) is 0 Å². The first-order valence-corrected chi connectivity index (χ1v) is 7.21. The molecule has 8 nitrogen and oxygen atoms in total. The van der Waals surface area contributed by atoms with Crippen LogP contribution >= 0.6 is 7.82 Å². The van der Waals surface area contributed by atoms with E-state index in [2.05, 4.69) is 9.51 Å². The highest BCUT2D eigenvalue weighted by molar-refractivity contribution is 7.46. The number of phosphoric ester groups is 1. The first kappa shape index (κ1) is 15.3. The lowest BCUT2D eigenvalue weighted by Crippen LogP contribution is -2.25. The molecule has 0 spiro atoms. The molecule has 20 heavy (non-hydrogen) atoms. The molecular weight excluding hydrogens is 296 g/mol. The van der Waals surface area contributed by atoms with Gasteiger partial charge < -0.3 is 24.6 Å². The summed E-state index contributed by atoms with van der Waals surface area (Å²) in [4.78, 5) is 30.4. The van der Waals surface area contributed by atoms with Crippen molar-refractivity contribution in [2.75, 3.05) is 6.61 Å². The molecule has 3 atom stereocenters. The second kappa shape index (κ2) is 5.72. The van der Waals surface area contributed by atoms with Crippen LogP contribution in [0.2, 0.25) is 0 Å². The van der Waals surface area contributed by atoms with Crippen LogP contribution < -0.4 is 5.56 Å². The van der Waals surface area contributed by atoms with E-state index in [0.29, 0.717) is 0 Å². The summed E-state index contributed by atoms with van der Waals surface area (Å²) in [6.45, 7) is -0.535. The standard InChI is InChI=1S/C10H13FNO7P/c11-9-5(1-2-12-10(9)14)7-3-6(13)8(19-7)4-18-20(15,16)17/h1-2,6-8,13H,3-4H2,(H,12,14)(H2,15,16,17)/t6-,7-,8+/m0/s1. The Hall–Kier alpha value is -1.09. The van der Waals surface area contributed by atoms with Crippen molar-refractivity contribution in [2.45, 2.75) is 24.7 Å². The Morgan fingerprint density at radius 1 is 1.55 bits per heavy atom. The quantitative estimate of drug-likeness (QED) is 0.567. The number of aromatic nitrogens is 1. The van der Waals surface area contributed by atoms with Crippen molar-refractivity contribution >= 4 is 7.82 Å². The highest BCUT2D eigenvalue weighted by Gasteiger charge is 2.37. The Kier molecular flexibility index (Phi) is 4.38. The maximum atomic E-state index is 13.6. The van der Waals surface area contributed by atoms with Crippen molar-refractivity contribution in [2.24, 2.45) is 0 Å². The maximum Gasteiger partial charge on any atom is 0.469 e. The zero-order valence-electron chi connectivity index (χ0n) is 10.1. The van der Waals surface area contributed by atoms with Crippen LogP contribution in [-0.2, 0) is 13.8 Å². The van der Waals surface area contributed by atoms with Gasteiger partial charge in [0, 0.05) is 18.2 Å². The average molecular weight is 309 g/mol. The molecule has 0 aliphatic carbocycles. The summed E-state index contributed by atoms with van der Waals surface area (Å²) in [5.41, 5.74) is -0.929. The van der Waals surface area contributed by atoms with Gasteiger partial charge in [0.25, 0.3) is 5.56 Å². The molecule has 1 aromatic heterocycles. The molecule has 0 aromatic carbocycles. The number of hydrogen-bond donors (Lipinski definition) is 4. The predicted molar refractivity (Wildman–Crippen MR) is 63.3 cm³/mol. The maximum absolute atomic E-state index is 13.6. The normalized spacial score (nSPS) is 26.9. The molecule has 4 N–H and O–H groups in total. The van der Waals surface area contributed by atoms with Gasteiger partial charge in [-0.3, -0.25) is 9.32 Å². The van der Waals surface area contributed by atoms with Gasteiger partial charge in [-0.15, -0.1) is 0 Å². The molecule has 112 valence electrons. The van der Waals surface area contributed by atoms with Gasteiger partial charge in [-0.05, 0) is 6.07 Å². The van der Waals surface area contributed by atoms with Crippen molar-refractivity contribution < 1.29 is 33.1 Å². The van der Waals surface area contributed by atoms with Crippen LogP contribution in [0.1, 0.15) is 18.1 Å². The van der Waals surface area contributed by atoms with E-state index in [1.807, 2.05) is 0 Å². The van der Waals surface area contributed by atoms with E-state index in [0.717, 1.165) is 0 Å². The minimum Gasteiger partial charge on any atom is -0.390 e. The SMILES string of the molecule is O=c1[nH]ccc([C@@H]2C[C@H](O)[C@@H](COP(=O)(O)O)O2)c1F. The monoisotopic (exact) mass is 309 g/mol. The zero-order valence-corrected chi connectivity index (χ0v) is 11.0. The zero-order chi connectivity index (χ0) is 14.9. The summed E-state index contributed by atoms with van der Waals surface area (Å²) < 4.78 is 33.7. The second-order valence-corrected chi connectivity index (χ2v) is 5.57. The fourth-order valence-corrected chi connectivity index (χ4v) is 2.31. The van der Waals surface area contributed by atoms with Crippen molar-refractivity contribution in [1.82, 2.24) is 4.98 Å². The predicted octanol–water partition coefficient (Wildman–Crippen LogP) is -0.186. The van der Waals surface area contributed by atoms with Crippen LogP contribution in [0.3, 0.4) is 0 Å².